The van der Waals surface area contributed by atoms with Gasteiger partial charge in [-0.1, -0.05) is 31.2 Å². The van der Waals surface area contributed by atoms with Gasteiger partial charge < -0.3 is 10.5 Å². The van der Waals surface area contributed by atoms with Crippen molar-refractivity contribution < 1.29 is 4.74 Å². The minimum Gasteiger partial charge on any atom is -0.381 e. The van der Waals surface area contributed by atoms with Crippen LogP contribution in [0.4, 0.5) is 0 Å². The summed E-state index contributed by atoms with van der Waals surface area (Å²) in [5.41, 5.74) is 8.26. The van der Waals surface area contributed by atoms with Gasteiger partial charge >= 0.3 is 0 Å². The second-order valence-corrected chi connectivity index (χ2v) is 4.36. The molecule has 82 valence electrons. The van der Waals surface area contributed by atoms with Crippen LogP contribution >= 0.6 is 0 Å². The zero-order valence-electron chi connectivity index (χ0n) is 9.28. The summed E-state index contributed by atoms with van der Waals surface area (Å²) >= 11 is 0. The molecule has 0 saturated carbocycles. The molecule has 0 amide bonds. The molecular formula is C13H19NO. The van der Waals surface area contributed by atoms with Gasteiger partial charge in [0.15, 0.2) is 0 Å². The fourth-order valence-corrected chi connectivity index (χ4v) is 2.22. The molecule has 1 heterocycles. The predicted octanol–water partition coefficient (Wildman–Crippen LogP) is 2.29. The highest BCUT2D eigenvalue weighted by Gasteiger charge is 2.23. The summed E-state index contributed by atoms with van der Waals surface area (Å²) in [7, 11) is 0. The Bertz CT molecular complexity index is 318. The Labute approximate surface area is 91.4 Å². The lowest BCUT2D eigenvalue weighted by atomic mass is 9.86. The molecule has 1 aliphatic rings. The molecular weight excluding hydrogens is 186 g/mol. The van der Waals surface area contributed by atoms with Crippen molar-refractivity contribution in [3.8, 4) is 0 Å². The number of benzene rings is 1. The van der Waals surface area contributed by atoms with Crippen LogP contribution in [0.1, 0.15) is 30.4 Å². The first kappa shape index (κ1) is 10.7. The first-order valence-corrected chi connectivity index (χ1v) is 5.68. The molecule has 0 spiro atoms. The summed E-state index contributed by atoms with van der Waals surface area (Å²) in [6.07, 6.45) is 1.19. The van der Waals surface area contributed by atoms with E-state index >= 15 is 0 Å². The van der Waals surface area contributed by atoms with E-state index in [-0.39, 0.29) is 0 Å². The summed E-state index contributed by atoms with van der Waals surface area (Å²) < 4.78 is 5.43. The number of ether oxygens (including phenoxy) is 1. The van der Waals surface area contributed by atoms with Gasteiger partial charge in [0.05, 0.1) is 6.61 Å². The molecule has 1 saturated heterocycles. The van der Waals surface area contributed by atoms with Crippen molar-refractivity contribution in [1.82, 2.24) is 0 Å². The fraction of sp³-hybridized carbons (Fsp3) is 0.538. The van der Waals surface area contributed by atoms with E-state index < -0.39 is 0 Å². The first-order valence-electron chi connectivity index (χ1n) is 5.68. The normalized spacial score (nSPS) is 22.9. The Balaban J connectivity index is 2.13. The Morgan fingerprint density at radius 1 is 1.53 bits per heavy atom. The number of nitrogens with two attached hydrogens (primary N) is 1. The molecule has 1 aromatic carbocycles. The van der Waals surface area contributed by atoms with Crippen molar-refractivity contribution in [3.63, 3.8) is 0 Å². The van der Waals surface area contributed by atoms with Crippen molar-refractivity contribution in [2.24, 2.45) is 11.7 Å². The lowest BCUT2D eigenvalue weighted by Crippen LogP contribution is -2.10. The number of hydrogen-bond acceptors (Lipinski definition) is 2. The summed E-state index contributed by atoms with van der Waals surface area (Å²) in [6.45, 7) is 4.75. The van der Waals surface area contributed by atoms with E-state index in [0.717, 1.165) is 13.2 Å². The van der Waals surface area contributed by atoms with Crippen LogP contribution < -0.4 is 5.73 Å². The van der Waals surface area contributed by atoms with Crippen molar-refractivity contribution >= 4 is 0 Å². The van der Waals surface area contributed by atoms with E-state index in [1.807, 2.05) is 0 Å². The van der Waals surface area contributed by atoms with Crippen LogP contribution in [0, 0.1) is 5.92 Å². The van der Waals surface area contributed by atoms with Gasteiger partial charge in [-0.05, 0) is 29.4 Å². The molecule has 1 fully saturated rings. The second-order valence-electron chi connectivity index (χ2n) is 4.36. The standard InChI is InChI=1S/C13H19NO/c1-10(13-5-6-15-9-13)12-4-2-3-11(7-12)8-14/h2-4,7,10,13H,5-6,8-9,14H2,1H3. The lowest BCUT2D eigenvalue weighted by Gasteiger charge is -2.18. The molecule has 0 bridgehead atoms. The van der Waals surface area contributed by atoms with Gasteiger partial charge in [0.25, 0.3) is 0 Å². The van der Waals surface area contributed by atoms with Gasteiger partial charge in [0.2, 0.25) is 0 Å². The summed E-state index contributed by atoms with van der Waals surface area (Å²) in [5.74, 6) is 1.26. The van der Waals surface area contributed by atoms with Gasteiger partial charge in [0.1, 0.15) is 0 Å². The van der Waals surface area contributed by atoms with Crippen LogP contribution in [-0.2, 0) is 11.3 Å². The van der Waals surface area contributed by atoms with Crippen LogP contribution in [0.3, 0.4) is 0 Å². The molecule has 2 rings (SSSR count). The van der Waals surface area contributed by atoms with Crippen molar-refractivity contribution in [2.45, 2.75) is 25.8 Å². The van der Waals surface area contributed by atoms with Crippen molar-refractivity contribution in [2.75, 3.05) is 13.2 Å². The minimum absolute atomic E-state index is 0.582. The van der Waals surface area contributed by atoms with E-state index in [2.05, 4.69) is 31.2 Å². The maximum atomic E-state index is 5.65. The quantitative estimate of drug-likeness (QED) is 0.821. The van der Waals surface area contributed by atoms with Crippen LogP contribution in [0.2, 0.25) is 0 Å². The van der Waals surface area contributed by atoms with E-state index in [1.54, 1.807) is 0 Å². The van der Waals surface area contributed by atoms with E-state index in [0.29, 0.717) is 18.4 Å². The van der Waals surface area contributed by atoms with Gasteiger partial charge in [0, 0.05) is 13.2 Å². The Kier molecular flexibility index (Phi) is 3.39. The predicted molar refractivity (Wildman–Crippen MR) is 61.7 cm³/mol. The van der Waals surface area contributed by atoms with Crippen molar-refractivity contribution in [1.29, 1.82) is 0 Å². The molecule has 2 atom stereocenters. The third-order valence-corrected chi connectivity index (χ3v) is 3.38. The molecule has 1 aliphatic heterocycles. The Morgan fingerprint density at radius 3 is 3.07 bits per heavy atom. The SMILES string of the molecule is CC(c1cccc(CN)c1)C1CCOC1. The number of rotatable bonds is 3. The second kappa shape index (κ2) is 4.77. The van der Waals surface area contributed by atoms with Gasteiger partial charge in [-0.15, -0.1) is 0 Å². The monoisotopic (exact) mass is 205 g/mol. The smallest absolute Gasteiger partial charge is 0.0500 e. The lowest BCUT2D eigenvalue weighted by molar-refractivity contribution is 0.181. The maximum Gasteiger partial charge on any atom is 0.0500 e. The minimum atomic E-state index is 0.582. The highest BCUT2D eigenvalue weighted by atomic mass is 16.5. The molecule has 0 aliphatic carbocycles. The van der Waals surface area contributed by atoms with Gasteiger partial charge in [-0.25, -0.2) is 0 Å². The number of hydrogen-bond donors (Lipinski definition) is 1. The molecule has 0 radical (unpaired) electrons. The average molecular weight is 205 g/mol. The van der Waals surface area contributed by atoms with E-state index in [9.17, 15) is 0 Å². The molecule has 2 heteroatoms. The van der Waals surface area contributed by atoms with Crippen molar-refractivity contribution in [3.05, 3.63) is 35.4 Å². The highest BCUT2D eigenvalue weighted by Crippen LogP contribution is 2.30. The Hall–Kier alpha value is -0.860. The van der Waals surface area contributed by atoms with Gasteiger partial charge in [-0.2, -0.15) is 0 Å². The fourth-order valence-electron chi connectivity index (χ4n) is 2.22. The first-order chi connectivity index (χ1) is 7.31. The van der Waals surface area contributed by atoms with E-state index in [1.165, 1.54) is 17.5 Å². The third-order valence-electron chi connectivity index (χ3n) is 3.38. The van der Waals surface area contributed by atoms with Crippen LogP contribution in [0.5, 0.6) is 0 Å². The van der Waals surface area contributed by atoms with Crippen LogP contribution in [0.25, 0.3) is 0 Å². The topological polar surface area (TPSA) is 35.2 Å². The summed E-state index contributed by atoms with van der Waals surface area (Å²) in [6, 6.07) is 8.61. The molecule has 1 aromatic rings. The largest absolute Gasteiger partial charge is 0.381 e. The summed E-state index contributed by atoms with van der Waals surface area (Å²) in [4.78, 5) is 0. The van der Waals surface area contributed by atoms with E-state index in [4.69, 9.17) is 10.5 Å². The molecule has 15 heavy (non-hydrogen) atoms. The van der Waals surface area contributed by atoms with Crippen LogP contribution in [0.15, 0.2) is 24.3 Å². The Morgan fingerprint density at radius 2 is 2.40 bits per heavy atom. The highest BCUT2D eigenvalue weighted by molar-refractivity contribution is 5.26. The summed E-state index contributed by atoms with van der Waals surface area (Å²) in [5, 5.41) is 0. The average Bonchev–Trinajstić information content (AvgIpc) is 2.81. The zero-order chi connectivity index (χ0) is 10.7. The molecule has 2 nitrogen and oxygen atoms in total. The molecule has 2 N–H and O–H groups in total. The zero-order valence-corrected chi connectivity index (χ0v) is 9.28. The molecule has 2 unspecified atom stereocenters. The third kappa shape index (κ3) is 2.39. The molecule has 0 aromatic heterocycles. The maximum absolute atomic E-state index is 5.65. The van der Waals surface area contributed by atoms with Gasteiger partial charge in [-0.3, -0.25) is 0 Å². The van der Waals surface area contributed by atoms with Crippen LogP contribution in [-0.4, -0.2) is 13.2 Å².